The fourth-order valence-corrected chi connectivity index (χ4v) is 12.7. The number of benzene rings is 8. The highest BCUT2D eigenvalue weighted by Crippen LogP contribution is 2.59. The number of anilines is 2. The second kappa shape index (κ2) is 14.0. The van der Waals surface area contributed by atoms with Crippen molar-refractivity contribution in [3.63, 3.8) is 0 Å². The van der Waals surface area contributed by atoms with Crippen molar-refractivity contribution < 1.29 is 4.42 Å². The van der Waals surface area contributed by atoms with E-state index in [9.17, 15) is 0 Å². The van der Waals surface area contributed by atoms with Crippen molar-refractivity contribution in [1.29, 1.82) is 0 Å². The number of aromatic nitrogens is 1. The molecule has 13 rings (SSSR count). The van der Waals surface area contributed by atoms with E-state index in [2.05, 4.69) is 241 Å². The fourth-order valence-electron chi connectivity index (χ4n) is 12.7. The van der Waals surface area contributed by atoms with Crippen LogP contribution in [0.15, 0.2) is 138 Å². The molecule has 1 aliphatic heterocycles. The Balaban J connectivity index is 1.21. The Labute approximate surface area is 414 Å². The molecule has 70 heavy (non-hydrogen) atoms. The lowest BCUT2D eigenvalue weighted by atomic mass is 9.57. The Morgan fingerprint density at radius 3 is 1.89 bits per heavy atom. The fraction of sp³-hybridized carbons (Fsp3) is 0.273. The van der Waals surface area contributed by atoms with E-state index >= 15 is 0 Å². The molecule has 1 radical (unpaired) electrons. The van der Waals surface area contributed by atoms with Crippen molar-refractivity contribution in [3.05, 3.63) is 172 Å². The molecule has 2 aliphatic carbocycles. The zero-order valence-corrected chi connectivity index (χ0v) is 43.1. The van der Waals surface area contributed by atoms with Gasteiger partial charge in [0.25, 0.3) is 0 Å². The first-order chi connectivity index (χ1) is 33.1. The summed E-state index contributed by atoms with van der Waals surface area (Å²) in [7, 11) is 2.52. The molecule has 0 saturated heterocycles. The SMILES string of the molecule is CC(C)(C)c1ccc(Nc2cc3c(cc2-c2c4c(c5c6cc(C(C)(C)C)ccc6n6c5c2[B]c2cc5c(cc2-6)oc2ccccc25)C(C)(C)c2ccccc2-4)-c2cc(C(C)(C)C)ccc2C3(C)C)cc1. The molecule has 0 bridgehead atoms. The topological polar surface area (TPSA) is 30.1 Å². The molecule has 0 unspecified atom stereocenters. The number of fused-ring (bicyclic) bond motifs is 15. The third-order valence-electron chi connectivity index (χ3n) is 16.6. The number of nitrogens with one attached hydrogen (secondary N) is 1. The lowest BCUT2D eigenvalue weighted by Crippen LogP contribution is -2.38. The van der Waals surface area contributed by atoms with Gasteiger partial charge in [-0.25, -0.2) is 0 Å². The average Bonchev–Trinajstić information content (AvgIpc) is 3.98. The molecule has 0 atom stereocenters. The average molecular weight is 910 g/mol. The van der Waals surface area contributed by atoms with Gasteiger partial charge in [0.1, 0.15) is 11.2 Å². The van der Waals surface area contributed by atoms with E-state index in [-0.39, 0.29) is 27.1 Å². The van der Waals surface area contributed by atoms with Crippen LogP contribution in [-0.2, 0) is 27.1 Å². The van der Waals surface area contributed by atoms with Crippen LogP contribution in [0.4, 0.5) is 11.4 Å². The third kappa shape index (κ3) is 5.95. The molecule has 345 valence electrons. The number of rotatable bonds is 3. The van der Waals surface area contributed by atoms with E-state index in [0.717, 1.165) is 39.0 Å². The van der Waals surface area contributed by atoms with Gasteiger partial charge < -0.3 is 14.3 Å². The number of hydrogen-bond acceptors (Lipinski definition) is 2. The molecule has 2 aromatic heterocycles. The Bertz CT molecular complexity index is 3920. The largest absolute Gasteiger partial charge is 0.456 e. The van der Waals surface area contributed by atoms with Gasteiger partial charge in [-0.1, -0.05) is 180 Å². The smallest absolute Gasteiger partial charge is 0.197 e. The second-order valence-corrected chi connectivity index (χ2v) is 24.9. The summed E-state index contributed by atoms with van der Waals surface area (Å²) in [5, 5.41) is 9.05. The molecule has 0 saturated carbocycles. The van der Waals surface area contributed by atoms with E-state index < -0.39 is 0 Å². The summed E-state index contributed by atoms with van der Waals surface area (Å²) in [6.45, 7) is 30.6. The number of hydrogen-bond donors (Lipinski definition) is 1. The van der Waals surface area contributed by atoms with Crippen LogP contribution in [0.1, 0.15) is 129 Å². The minimum Gasteiger partial charge on any atom is -0.456 e. The second-order valence-electron chi connectivity index (χ2n) is 24.9. The van der Waals surface area contributed by atoms with Crippen LogP contribution in [0.25, 0.3) is 82.8 Å². The van der Waals surface area contributed by atoms with Crippen molar-refractivity contribution in [1.82, 2.24) is 4.57 Å². The third-order valence-corrected chi connectivity index (χ3v) is 16.6. The molecule has 0 amide bonds. The van der Waals surface area contributed by atoms with Crippen LogP contribution in [0.2, 0.25) is 0 Å². The van der Waals surface area contributed by atoms with Gasteiger partial charge in [-0.05, 0) is 131 Å². The van der Waals surface area contributed by atoms with E-state index in [1.54, 1.807) is 0 Å². The predicted octanol–water partition coefficient (Wildman–Crippen LogP) is 16.6. The van der Waals surface area contributed by atoms with Crippen LogP contribution in [0.3, 0.4) is 0 Å². The summed E-state index contributed by atoms with van der Waals surface area (Å²) < 4.78 is 9.27. The van der Waals surface area contributed by atoms with E-state index in [0.29, 0.717) is 0 Å². The highest BCUT2D eigenvalue weighted by atomic mass is 16.3. The Morgan fingerprint density at radius 1 is 0.500 bits per heavy atom. The predicted molar refractivity (Wildman–Crippen MR) is 299 cm³/mol. The Morgan fingerprint density at radius 2 is 1.14 bits per heavy atom. The van der Waals surface area contributed by atoms with Crippen molar-refractivity contribution in [2.45, 2.75) is 117 Å². The number of furan rings is 1. The summed E-state index contributed by atoms with van der Waals surface area (Å²) in [6, 6.07) is 51.2. The van der Waals surface area contributed by atoms with Crippen LogP contribution < -0.4 is 16.2 Å². The number of para-hydroxylation sites is 1. The molecule has 3 heterocycles. The van der Waals surface area contributed by atoms with Crippen molar-refractivity contribution >= 4 is 73.3 Å². The van der Waals surface area contributed by atoms with Gasteiger partial charge in [0, 0.05) is 66.6 Å². The first-order valence-electron chi connectivity index (χ1n) is 25.4. The van der Waals surface area contributed by atoms with E-state index in [1.165, 1.54) is 105 Å². The lowest BCUT2D eigenvalue weighted by Gasteiger charge is -2.29. The van der Waals surface area contributed by atoms with Gasteiger partial charge in [0.05, 0.1) is 5.52 Å². The lowest BCUT2D eigenvalue weighted by molar-refractivity contribution is 0.589. The first kappa shape index (κ1) is 43.3. The summed E-state index contributed by atoms with van der Waals surface area (Å²) >= 11 is 0. The van der Waals surface area contributed by atoms with Gasteiger partial charge in [-0.2, -0.15) is 0 Å². The van der Waals surface area contributed by atoms with Crippen molar-refractivity contribution in [2.75, 3.05) is 5.32 Å². The highest BCUT2D eigenvalue weighted by molar-refractivity contribution is 6.74. The molecule has 3 aliphatic rings. The first-order valence-corrected chi connectivity index (χ1v) is 25.4. The van der Waals surface area contributed by atoms with Crippen LogP contribution >= 0.6 is 0 Å². The quantitative estimate of drug-likeness (QED) is 0.179. The van der Waals surface area contributed by atoms with Crippen LogP contribution in [-0.4, -0.2) is 11.8 Å². The highest BCUT2D eigenvalue weighted by Gasteiger charge is 2.44. The molecule has 0 spiro atoms. The molecular weight excluding hydrogens is 848 g/mol. The van der Waals surface area contributed by atoms with Gasteiger partial charge >= 0.3 is 0 Å². The molecule has 10 aromatic rings. The van der Waals surface area contributed by atoms with E-state index in [4.69, 9.17) is 4.42 Å². The Kier molecular flexibility index (Phi) is 8.63. The van der Waals surface area contributed by atoms with Crippen LogP contribution in [0, 0.1) is 0 Å². The minimum absolute atomic E-state index is 0.00510. The molecule has 4 heteroatoms. The van der Waals surface area contributed by atoms with Crippen LogP contribution in [0.5, 0.6) is 0 Å². The maximum Gasteiger partial charge on any atom is 0.197 e. The molecule has 0 fully saturated rings. The maximum atomic E-state index is 6.68. The summed E-state index contributed by atoms with van der Waals surface area (Å²) in [6.07, 6.45) is 0. The summed E-state index contributed by atoms with van der Waals surface area (Å²) in [5.74, 6) is 0. The zero-order valence-electron chi connectivity index (χ0n) is 43.1. The summed E-state index contributed by atoms with van der Waals surface area (Å²) in [5.41, 5.74) is 26.9. The zero-order chi connectivity index (χ0) is 48.8. The molecule has 8 aromatic carbocycles. The van der Waals surface area contributed by atoms with Crippen molar-refractivity contribution in [2.24, 2.45) is 0 Å². The minimum atomic E-state index is -0.303. The Hall–Kier alpha value is -6.78. The van der Waals surface area contributed by atoms with Gasteiger partial charge in [0.2, 0.25) is 0 Å². The van der Waals surface area contributed by atoms with Gasteiger partial charge in [-0.15, -0.1) is 0 Å². The molecule has 1 N–H and O–H groups in total. The van der Waals surface area contributed by atoms with E-state index in [1.807, 2.05) is 0 Å². The summed E-state index contributed by atoms with van der Waals surface area (Å²) in [4.78, 5) is 0. The standard InChI is InChI=1S/C66H62BN2O/c1-62(2,3)36-22-26-39(27-23-36)68-51-34-49-43(42-30-37(63(4,5)6)24-28-48(42)65(49,10)11)32-45(51)57-56-41-19-14-16-20-47(41)66(12,13)59(56)58-46-31-38(64(7,8)9)25-29-52(46)69-53-35-55-44(33-50(53)67-60(57)61(58)69)40-18-15-17-21-54(40)70-55/h14-35,68H,1-13H3. The number of nitrogens with zero attached hydrogens (tertiary/aromatic N) is 1. The molecule has 3 nitrogen and oxygen atoms in total. The van der Waals surface area contributed by atoms with Crippen molar-refractivity contribution in [3.8, 4) is 39.1 Å². The monoisotopic (exact) mass is 909 g/mol. The normalized spacial score (nSPS) is 15.3. The maximum absolute atomic E-state index is 6.68. The van der Waals surface area contributed by atoms with Gasteiger partial charge in [0.15, 0.2) is 7.28 Å². The molecular formula is C66H62BN2O. The van der Waals surface area contributed by atoms with Gasteiger partial charge in [-0.3, -0.25) is 0 Å².